The normalized spacial score (nSPS) is 10.1. The zero-order chi connectivity index (χ0) is 11.5. The summed E-state index contributed by atoms with van der Waals surface area (Å²) >= 11 is 0. The minimum Gasteiger partial charge on any atom is -0.298 e. The van der Waals surface area contributed by atoms with Crippen LogP contribution in [-0.4, -0.2) is 21.2 Å². The molecule has 0 radical (unpaired) electrons. The van der Waals surface area contributed by atoms with Crippen LogP contribution in [0.2, 0.25) is 0 Å². The molecule has 0 aliphatic heterocycles. The number of aldehydes is 1. The molecule has 4 heteroatoms. The van der Waals surface area contributed by atoms with Crippen molar-refractivity contribution in [3.05, 3.63) is 41.3 Å². The van der Waals surface area contributed by atoms with Crippen molar-refractivity contribution in [1.82, 2.24) is 15.0 Å². The van der Waals surface area contributed by atoms with Crippen LogP contribution in [0, 0.1) is 13.8 Å². The largest absolute Gasteiger partial charge is 0.298 e. The third-order valence-corrected chi connectivity index (χ3v) is 2.23. The van der Waals surface area contributed by atoms with Crippen molar-refractivity contribution in [3.8, 4) is 11.5 Å². The van der Waals surface area contributed by atoms with E-state index in [0.29, 0.717) is 11.4 Å². The molecule has 2 rings (SSSR count). The van der Waals surface area contributed by atoms with Crippen LogP contribution in [-0.2, 0) is 0 Å². The van der Waals surface area contributed by atoms with Crippen molar-refractivity contribution in [2.75, 3.05) is 0 Å². The summed E-state index contributed by atoms with van der Waals surface area (Å²) in [5.41, 5.74) is 3.35. The Morgan fingerprint density at radius 1 is 1.06 bits per heavy atom. The lowest BCUT2D eigenvalue weighted by atomic mass is 10.1. The molecule has 80 valence electrons. The molecule has 0 aromatic carbocycles. The molecule has 0 fully saturated rings. The zero-order valence-corrected chi connectivity index (χ0v) is 9.14. The molecule has 0 aliphatic rings. The van der Waals surface area contributed by atoms with Gasteiger partial charge in [0.2, 0.25) is 0 Å². The van der Waals surface area contributed by atoms with Crippen LogP contribution in [0.5, 0.6) is 0 Å². The SMILES string of the molecule is Cc1cnc(-c2ncc(C=O)cn2)c(C)c1. The van der Waals surface area contributed by atoms with Gasteiger partial charge in [-0.1, -0.05) is 6.07 Å². The highest BCUT2D eigenvalue weighted by Gasteiger charge is 2.06. The van der Waals surface area contributed by atoms with Gasteiger partial charge in [0, 0.05) is 18.6 Å². The molecule has 0 amide bonds. The van der Waals surface area contributed by atoms with Crippen LogP contribution in [0.15, 0.2) is 24.7 Å². The van der Waals surface area contributed by atoms with Crippen LogP contribution >= 0.6 is 0 Å². The third-order valence-electron chi connectivity index (χ3n) is 2.23. The molecular formula is C12H11N3O. The second-order valence-electron chi connectivity index (χ2n) is 3.64. The molecule has 0 saturated heterocycles. The molecule has 0 bridgehead atoms. The topological polar surface area (TPSA) is 55.7 Å². The number of hydrogen-bond acceptors (Lipinski definition) is 4. The van der Waals surface area contributed by atoms with Gasteiger partial charge < -0.3 is 0 Å². The maximum Gasteiger partial charge on any atom is 0.178 e. The maximum atomic E-state index is 10.5. The fourth-order valence-electron chi connectivity index (χ4n) is 1.47. The van der Waals surface area contributed by atoms with Crippen molar-refractivity contribution in [2.24, 2.45) is 0 Å². The van der Waals surface area contributed by atoms with Crippen molar-refractivity contribution >= 4 is 6.29 Å². The summed E-state index contributed by atoms with van der Waals surface area (Å²) in [6, 6.07) is 2.03. The van der Waals surface area contributed by atoms with E-state index in [9.17, 15) is 4.79 Å². The highest BCUT2D eigenvalue weighted by molar-refractivity contribution is 5.73. The average molecular weight is 213 g/mol. The van der Waals surface area contributed by atoms with Crippen LogP contribution < -0.4 is 0 Å². The number of nitrogens with zero attached hydrogens (tertiary/aromatic N) is 3. The van der Waals surface area contributed by atoms with E-state index in [2.05, 4.69) is 15.0 Å². The predicted octanol–water partition coefficient (Wildman–Crippen LogP) is 1.97. The lowest BCUT2D eigenvalue weighted by Gasteiger charge is -2.03. The second-order valence-corrected chi connectivity index (χ2v) is 3.64. The van der Waals surface area contributed by atoms with Gasteiger partial charge in [-0.05, 0) is 25.0 Å². The smallest absolute Gasteiger partial charge is 0.178 e. The predicted molar refractivity (Wildman–Crippen MR) is 60.1 cm³/mol. The Morgan fingerprint density at radius 3 is 2.31 bits per heavy atom. The Labute approximate surface area is 93.4 Å². The van der Waals surface area contributed by atoms with Crippen molar-refractivity contribution in [1.29, 1.82) is 0 Å². The number of hydrogen-bond donors (Lipinski definition) is 0. The number of aromatic nitrogens is 3. The van der Waals surface area contributed by atoms with E-state index in [1.165, 1.54) is 12.4 Å². The van der Waals surface area contributed by atoms with Crippen LogP contribution in [0.25, 0.3) is 11.5 Å². The molecule has 0 spiro atoms. The first-order chi connectivity index (χ1) is 7.70. The number of aryl methyl sites for hydroxylation is 2. The average Bonchev–Trinajstić information content (AvgIpc) is 2.29. The molecule has 2 heterocycles. The number of rotatable bonds is 2. The molecule has 0 unspecified atom stereocenters. The minimum absolute atomic E-state index is 0.466. The number of pyridine rings is 1. The number of carbonyl (C=O) groups is 1. The Bertz CT molecular complexity index is 520. The van der Waals surface area contributed by atoms with Gasteiger partial charge >= 0.3 is 0 Å². The highest BCUT2D eigenvalue weighted by Crippen LogP contribution is 2.16. The van der Waals surface area contributed by atoms with E-state index >= 15 is 0 Å². The van der Waals surface area contributed by atoms with Gasteiger partial charge in [0.1, 0.15) is 5.69 Å². The Morgan fingerprint density at radius 2 is 1.75 bits per heavy atom. The van der Waals surface area contributed by atoms with Crippen molar-refractivity contribution in [2.45, 2.75) is 13.8 Å². The summed E-state index contributed by atoms with van der Waals surface area (Å²) in [6.45, 7) is 3.95. The number of carbonyl (C=O) groups excluding carboxylic acids is 1. The Hall–Kier alpha value is -2.10. The van der Waals surface area contributed by atoms with E-state index in [4.69, 9.17) is 0 Å². The zero-order valence-electron chi connectivity index (χ0n) is 9.14. The van der Waals surface area contributed by atoms with E-state index in [0.717, 1.165) is 23.1 Å². The van der Waals surface area contributed by atoms with E-state index < -0.39 is 0 Å². The quantitative estimate of drug-likeness (QED) is 0.715. The van der Waals surface area contributed by atoms with Crippen LogP contribution in [0.3, 0.4) is 0 Å². The van der Waals surface area contributed by atoms with Gasteiger partial charge in [-0.25, -0.2) is 9.97 Å². The van der Waals surface area contributed by atoms with Crippen LogP contribution in [0.4, 0.5) is 0 Å². The molecule has 0 saturated carbocycles. The van der Waals surface area contributed by atoms with E-state index in [-0.39, 0.29) is 0 Å². The fraction of sp³-hybridized carbons (Fsp3) is 0.167. The minimum atomic E-state index is 0.466. The van der Waals surface area contributed by atoms with Crippen molar-refractivity contribution in [3.63, 3.8) is 0 Å². The summed E-state index contributed by atoms with van der Waals surface area (Å²) in [6.07, 6.45) is 5.49. The van der Waals surface area contributed by atoms with E-state index in [1.54, 1.807) is 6.20 Å². The Balaban J connectivity index is 2.46. The summed E-state index contributed by atoms with van der Waals surface area (Å²) < 4.78 is 0. The highest BCUT2D eigenvalue weighted by atomic mass is 16.1. The monoisotopic (exact) mass is 213 g/mol. The molecule has 16 heavy (non-hydrogen) atoms. The molecular weight excluding hydrogens is 202 g/mol. The summed E-state index contributed by atoms with van der Waals surface area (Å²) in [4.78, 5) is 23.0. The lowest BCUT2D eigenvalue weighted by molar-refractivity contribution is 0.112. The molecule has 4 nitrogen and oxygen atoms in total. The van der Waals surface area contributed by atoms with Gasteiger partial charge in [-0.2, -0.15) is 0 Å². The van der Waals surface area contributed by atoms with Gasteiger partial charge in [0.05, 0.1) is 5.56 Å². The summed E-state index contributed by atoms with van der Waals surface area (Å²) in [5.74, 6) is 0.545. The first kappa shape index (κ1) is 10.4. The second kappa shape index (κ2) is 4.18. The van der Waals surface area contributed by atoms with Crippen LogP contribution in [0.1, 0.15) is 21.5 Å². The molecule has 0 aliphatic carbocycles. The van der Waals surface area contributed by atoms with Gasteiger partial charge in [-0.3, -0.25) is 9.78 Å². The lowest BCUT2D eigenvalue weighted by Crippen LogP contribution is -1.96. The van der Waals surface area contributed by atoms with Gasteiger partial charge in [0.15, 0.2) is 12.1 Å². The standard InChI is InChI=1S/C12H11N3O/c1-8-3-9(2)11(13-4-8)12-14-5-10(7-16)6-15-12/h3-7H,1-2H3. The first-order valence-electron chi connectivity index (χ1n) is 4.91. The van der Waals surface area contributed by atoms with Gasteiger partial charge in [-0.15, -0.1) is 0 Å². The Kier molecular flexibility index (Phi) is 2.72. The summed E-state index contributed by atoms with van der Waals surface area (Å²) in [5, 5.41) is 0. The summed E-state index contributed by atoms with van der Waals surface area (Å²) in [7, 11) is 0. The molecule has 2 aromatic heterocycles. The molecule has 0 N–H and O–H groups in total. The third kappa shape index (κ3) is 1.95. The fourth-order valence-corrected chi connectivity index (χ4v) is 1.47. The first-order valence-corrected chi connectivity index (χ1v) is 4.91. The molecule has 2 aromatic rings. The maximum absolute atomic E-state index is 10.5. The molecule has 0 atom stereocenters. The van der Waals surface area contributed by atoms with Crippen molar-refractivity contribution < 1.29 is 4.79 Å². The van der Waals surface area contributed by atoms with Gasteiger partial charge in [0.25, 0.3) is 0 Å². The van der Waals surface area contributed by atoms with E-state index in [1.807, 2.05) is 19.9 Å².